The predicted octanol–water partition coefficient (Wildman–Crippen LogP) is 4.07. The predicted molar refractivity (Wildman–Crippen MR) is 117 cm³/mol. The third-order valence-electron chi connectivity index (χ3n) is 5.36. The van der Waals surface area contributed by atoms with E-state index >= 15 is 0 Å². The number of benzene rings is 2. The summed E-state index contributed by atoms with van der Waals surface area (Å²) < 4.78 is 5.52. The Morgan fingerprint density at radius 1 is 0.931 bits per heavy atom. The zero-order valence-electron chi connectivity index (χ0n) is 16.4. The van der Waals surface area contributed by atoms with Crippen molar-refractivity contribution in [2.24, 2.45) is 0 Å². The first-order valence-electron chi connectivity index (χ1n) is 10.1. The zero-order valence-corrected chi connectivity index (χ0v) is 17.2. The van der Waals surface area contributed by atoms with Crippen molar-refractivity contribution in [3.8, 4) is 0 Å². The molecule has 0 aliphatic carbocycles. The van der Waals surface area contributed by atoms with E-state index in [0.29, 0.717) is 6.54 Å². The van der Waals surface area contributed by atoms with Crippen LogP contribution >= 0.6 is 11.3 Å². The normalized spacial score (nSPS) is 15.9. The van der Waals surface area contributed by atoms with Crippen LogP contribution in [0.3, 0.4) is 0 Å². The molecule has 2 aromatic carbocycles. The molecular weight excluding hydrogens is 380 g/mol. The van der Waals surface area contributed by atoms with Gasteiger partial charge in [0, 0.05) is 24.5 Å². The number of hydrogen-bond donors (Lipinski definition) is 1. The molecule has 0 saturated carbocycles. The highest BCUT2D eigenvalue weighted by Crippen LogP contribution is 2.27. The van der Waals surface area contributed by atoms with Crippen LogP contribution in [0.1, 0.15) is 28.0 Å². The molecule has 1 atom stereocenters. The first-order valence-corrected chi connectivity index (χ1v) is 10.9. The smallest absolute Gasteiger partial charge is 0.232 e. The molecule has 1 saturated heterocycles. The van der Waals surface area contributed by atoms with Crippen LogP contribution in [-0.2, 0) is 9.53 Å². The number of carbonyl (C=O) groups is 1. The largest absolute Gasteiger partial charge is 0.379 e. The van der Waals surface area contributed by atoms with Crippen LogP contribution in [0.4, 0.5) is 0 Å². The number of hydrogen-bond acceptors (Lipinski definition) is 4. The summed E-state index contributed by atoms with van der Waals surface area (Å²) in [6.45, 7) is 3.85. The van der Waals surface area contributed by atoms with Crippen LogP contribution in [0.25, 0.3) is 0 Å². The van der Waals surface area contributed by atoms with Gasteiger partial charge in [-0.2, -0.15) is 0 Å². The van der Waals surface area contributed by atoms with E-state index < -0.39 is 0 Å². The second kappa shape index (κ2) is 9.83. The third-order valence-corrected chi connectivity index (χ3v) is 6.33. The average Bonchev–Trinajstić information content (AvgIpc) is 3.31. The molecule has 0 spiro atoms. The van der Waals surface area contributed by atoms with Gasteiger partial charge in [0.25, 0.3) is 0 Å². The number of rotatable bonds is 7. The van der Waals surface area contributed by atoms with Crippen LogP contribution in [0, 0.1) is 0 Å². The SMILES string of the molecule is O=C(NCC(c1cccs1)N1CCOCC1)C(c1ccccc1)c1ccccc1. The lowest BCUT2D eigenvalue weighted by molar-refractivity contribution is -0.122. The number of nitrogens with one attached hydrogen (secondary N) is 1. The van der Waals surface area contributed by atoms with Crippen molar-refractivity contribution in [1.82, 2.24) is 10.2 Å². The Labute approximate surface area is 176 Å². The van der Waals surface area contributed by atoms with Crippen LogP contribution in [0.15, 0.2) is 78.2 Å². The molecule has 4 nitrogen and oxygen atoms in total. The molecule has 1 aromatic heterocycles. The molecule has 2 heterocycles. The Kier molecular flexibility index (Phi) is 6.72. The molecule has 29 heavy (non-hydrogen) atoms. The molecule has 0 radical (unpaired) electrons. The van der Waals surface area contributed by atoms with Gasteiger partial charge < -0.3 is 10.1 Å². The topological polar surface area (TPSA) is 41.6 Å². The molecule has 0 bridgehead atoms. The minimum atomic E-state index is -0.314. The van der Waals surface area contributed by atoms with Crippen molar-refractivity contribution in [2.45, 2.75) is 12.0 Å². The summed E-state index contributed by atoms with van der Waals surface area (Å²) in [6, 6.07) is 24.4. The van der Waals surface area contributed by atoms with Gasteiger partial charge in [-0.15, -0.1) is 11.3 Å². The van der Waals surface area contributed by atoms with Crippen molar-refractivity contribution in [1.29, 1.82) is 0 Å². The van der Waals surface area contributed by atoms with E-state index in [4.69, 9.17) is 4.74 Å². The van der Waals surface area contributed by atoms with Gasteiger partial charge in [0.2, 0.25) is 5.91 Å². The van der Waals surface area contributed by atoms with E-state index in [0.717, 1.165) is 37.4 Å². The van der Waals surface area contributed by atoms with Crippen molar-refractivity contribution >= 4 is 17.2 Å². The Balaban J connectivity index is 1.53. The van der Waals surface area contributed by atoms with Crippen molar-refractivity contribution in [3.05, 3.63) is 94.2 Å². The van der Waals surface area contributed by atoms with Crippen molar-refractivity contribution in [3.63, 3.8) is 0 Å². The summed E-state index contributed by atoms with van der Waals surface area (Å²) in [7, 11) is 0. The number of ether oxygens (including phenoxy) is 1. The Morgan fingerprint density at radius 3 is 2.10 bits per heavy atom. The fraction of sp³-hybridized carbons (Fsp3) is 0.292. The van der Waals surface area contributed by atoms with Gasteiger partial charge >= 0.3 is 0 Å². The fourth-order valence-electron chi connectivity index (χ4n) is 3.87. The minimum Gasteiger partial charge on any atom is -0.379 e. The van der Waals surface area contributed by atoms with Gasteiger partial charge in [-0.05, 0) is 22.6 Å². The van der Waals surface area contributed by atoms with Gasteiger partial charge in [0.05, 0.1) is 25.2 Å². The highest BCUT2D eigenvalue weighted by molar-refractivity contribution is 7.10. The molecular formula is C24H26N2O2S. The van der Waals surface area contributed by atoms with E-state index in [9.17, 15) is 4.79 Å². The Bertz CT molecular complexity index is 838. The summed E-state index contributed by atoms with van der Waals surface area (Å²) in [6.07, 6.45) is 0. The van der Waals surface area contributed by atoms with Crippen molar-refractivity contribution < 1.29 is 9.53 Å². The van der Waals surface area contributed by atoms with Crippen molar-refractivity contribution in [2.75, 3.05) is 32.8 Å². The first-order chi connectivity index (χ1) is 14.3. The maximum atomic E-state index is 13.4. The van der Waals surface area contributed by atoms with Gasteiger partial charge in [0.15, 0.2) is 0 Å². The van der Waals surface area contributed by atoms with Gasteiger partial charge in [-0.1, -0.05) is 66.7 Å². The molecule has 1 N–H and O–H groups in total. The molecule has 4 rings (SSSR count). The molecule has 5 heteroatoms. The highest BCUT2D eigenvalue weighted by atomic mass is 32.1. The van der Waals surface area contributed by atoms with Crippen LogP contribution in [0.5, 0.6) is 0 Å². The zero-order chi connectivity index (χ0) is 19.9. The van der Waals surface area contributed by atoms with E-state index in [1.54, 1.807) is 11.3 Å². The van der Waals surface area contributed by atoms with Gasteiger partial charge in [-0.25, -0.2) is 0 Å². The van der Waals surface area contributed by atoms with Crippen LogP contribution in [-0.4, -0.2) is 43.7 Å². The molecule has 150 valence electrons. The molecule has 1 aliphatic rings. The molecule has 1 aliphatic heterocycles. The van der Waals surface area contributed by atoms with Crippen LogP contribution in [0.2, 0.25) is 0 Å². The maximum absolute atomic E-state index is 13.4. The monoisotopic (exact) mass is 406 g/mol. The van der Waals surface area contributed by atoms with Gasteiger partial charge in [-0.3, -0.25) is 9.69 Å². The number of amides is 1. The second-order valence-corrected chi connectivity index (χ2v) is 8.16. The van der Waals surface area contributed by atoms with E-state index in [1.165, 1.54) is 4.88 Å². The third kappa shape index (κ3) is 4.93. The fourth-order valence-corrected chi connectivity index (χ4v) is 4.73. The highest BCUT2D eigenvalue weighted by Gasteiger charge is 2.27. The minimum absolute atomic E-state index is 0.0391. The first kappa shape index (κ1) is 19.8. The summed E-state index contributed by atoms with van der Waals surface area (Å²) >= 11 is 1.74. The summed E-state index contributed by atoms with van der Waals surface area (Å²) in [5, 5.41) is 5.35. The van der Waals surface area contributed by atoms with E-state index in [1.807, 2.05) is 60.7 Å². The van der Waals surface area contributed by atoms with E-state index in [-0.39, 0.29) is 17.9 Å². The number of thiophene rings is 1. The standard InChI is InChI=1S/C24H26N2O2S/c27-24(23(19-8-3-1-4-9-19)20-10-5-2-6-11-20)25-18-21(22-12-7-17-29-22)26-13-15-28-16-14-26/h1-12,17,21,23H,13-16,18H2,(H,25,27). The number of nitrogens with zero attached hydrogens (tertiary/aromatic N) is 1. The lowest BCUT2D eigenvalue weighted by Gasteiger charge is -2.34. The average molecular weight is 407 g/mol. The van der Waals surface area contributed by atoms with Gasteiger partial charge in [0.1, 0.15) is 0 Å². The van der Waals surface area contributed by atoms with E-state index in [2.05, 4.69) is 27.7 Å². The van der Waals surface area contributed by atoms with Crippen LogP contribution < -0.4 is 5.32 Å². The molecule has 1 unspecified atom stereocenters. The quantitative estimate of drug-likeness (QED) is 0.643. The summed E-state index contributed by atoms with van der Waals surface area (Å²) in [5.41, 5.74) is 2.02. The molecule has 1 amide bonds. The Hall–Kier alpha value is -2.47. The summed E-state index contributed by atoms with van der Waals surface area (Å²) in [4.78, 5) is 17.0. The maximum Gasteiger partial charge on any atom is 0.232 e. The lowest BCUT2D eigenvalue weighted by Crippen LogP contribution is -2.44. The summed E-state index contributed by atoms with van der Waals surface area (Å²) in [5.74, 6) is -0.275. The number of carbonyl (C=O) groups excluding carboxylic acids is 1. The molecule has 1 fully saturated rings. The lowest BCUT2D eigenvalue weighted by atomic mass is 9.90. The Morgan fingerprint density at radius 2 is 1.55 bits per heavy atom. The number of morpholine rings is 1. The second-order valence-electron chi connectivity index (χ2n) is 7.18. The molecule has 3 aromatic rings.